The van der Waals surface area contributed by atoms with Crippen LogP contribution in [0.4, 0.5) is 8.78 Å². The largest absolute Gasteiger partial charge is 0.352 e. The highest BCUT2D eigenvalue weighted by molar-refractivity contribution is 4.92. The molecule has 31 heavy (non-hydrogen) atoms. The summed E-state index contributed by atoms with van der Waals surface area (Å²) >= 11 is 0. The molecule has 0 bridgehead atoms. The molecule has 2 nitrogen and oxygen atoms in total. The van der Waals surface area contributed by atoms with Gasteiger partial charge in [-0.3, -0.25) is 0 Å². The van der Waals surface area contributed by atoms with Crippen LogP contribution in [0.3, 0.4) is 0 Å². The van der Waals surface area contributed by atoms with Crippen LogP contribution in [0, 0.1) is 41.4 Å². The fourth-order valence-corrected chi connectivity index (χ4v) is 7.06. The number of hydrogen-bond acceptors (Lipinski definition) is 2. The standard InChI is InChI=1S/C27H42F2O2/c1-2-3-19-4-10-24(11-5-19)27-30-17-25(18-31-27)23-14-12-22(13-15-23)21-8-6-20(7-9-21)16-26(28)29/h2,16,19-25,27H,1,3-15,17-18H2. The molecule has 1 aliphatic heterocycles. The highest BCUT2D eigenvalue weighted by Crippen LogP contribution is 2.44. The quantitative estimate of drug-likeness (QED) is 0.396. The second-order valence-corrected chi connectivity index (χ2v) is 10.9. The van der Waals surface area contributed by atoms with Crippen molar-refractivity contribution in [2.75, 3.05) is 13.2 Å². The second kappa shape index (κ2) is 11.4. The molecule has 1 saturated heterocycles. The highest BCUT2D eigenvalue weighted by atomic mass is 19.3. The molecule has 176 valence electrons. The third kappa shape index (κ3) is 6.41. The molecule has 4 fully saturated rings. The van der Waals surface area contributed by atoms with Crippen LogP contribution < -0.4 is 0 Å². The van der Waals surface area contributed by atoms with Gasteiger partial charge in [-0.15, -0.1) is 6.58 Å². The van der Waals surface area contributed by atoms with Crippen LogP contribution in [-0.2, 0) is 9.47 Å². The van der Waals surface area contributed by atoms with Gasteiger partial charge >= 0.3 is 0 Å². The molecule has 1 heterocycles. The van der Waals surface area contributed by atoms with Crippen molar-refractivity contribution >= 4 is 0 Å². The van der Waals surface area contributed by atoms with Crippen LogP contribution in [0.25, 0.3) is 0 Å². The van der Waals surface area contributed by atoms with E-state index >= 15 is 0 Å². The lowest BCUT2D eigenvalue weighted by molar-refractivity contribution is -0.237. The van der Waals surface area contributed by atoms with E-state index in [-0.39, 0.29) is 12.2 Å². The predicted octanol–water partition coefficient (Wildman–Crippen LogP) is 7.75. The summed E-state index contributed by atoms with van der Waals surface area (Å²) in [5, 5.41) is 0. The minimum Gasteiger partial charge on any atom is -0.352 e. The lowest BCUT2D eigenvalue weighted by Crippen LogP contribution is -2.41. The van der Waals surface area contributed by atoms with Crippen LogP contribution in [0.5, 0.6) is 0 Å². The van der Waals surface area contributed by atoms with Crippen molar-refractivity contribution in [2.24, 2.45) is 41.4 Å². The van der Waals surface area contributed by atoms with Crippen LogP contribution in [-0.4, -0.2) is 19.5 Å². The Balaban J connectivity index is 1.14. The third-order valence-corrected chi connectivity index (χ3v) is 9.05. The molecule has 0 aromatic rings. The summed E-state index contributed by atoms with van der Waals surface area (Å²) in [6.45, 7) is 5.63. The molecule has 3 saturated carbocycles. The van der Waals surface area contributed by atoms with E-state index in [0.29, 0.717) is 11.8 Å². The van der Waals surface area contributed by atoms with Crippen molar-refractivity contribution in [2.45, 2.75) is 89.8 Å². The normalized spacial score (nSPS) is 42.0. The number of hydrogen-bond donors (Lipinski definition) is 0. The van der Waals surface area contributed by atoms with Gasteiger partial charge in [0.2, 0.25) is 0 Å². The van der Waals surface area contributed by atoms with Gasteiger partial charge in [-0.05, 0) is 119 Å². The molecule has 3 aliphatic carbocycles. The predicted molar refractivity (Wildman–Crippen MR) is 121 cm³/mol. The Morgan fingerprint density at radius 1 is 0.677 bits per heavy atom. The first-order chi connectivity index (χ1) is 15.1. The van der Waals surface area contributed by atoms with Gasteiger partial charge in [-0.2, -0.15) is 8.78 Å². The lowest BCUT2D eigenvalue weighted by Gasteiger charge is -2.42. The Kier molecular flexibility index (Phi) is 8.62. The average molecular weight is 437 g/mol. The van der Waals surface area contributed by atoms with E-state index in [1.54, 1.807) is 0 Å². The topological polar surface area (TPSA) is 18.5 Å². The van der Waals surface area contributed by atoms with Crippen LogP contribution in [0.1, 0.15) is 83.5 Å². The molecule has 0 aromatic heterocycles. The van der Waals surface area contributed by atoms with Crippen molar-refractivity contribution in [3.8, 4) is 0 Å². The van der Waals surface area contributed by atoms with E-state index in [1.807, 2.05) is 0 Å². The summed E-state index contributed by atoms with van der Waals surface area (Å²) in [4.78, 5) is 0. The first-order valence-electron chi connectivity index (χ1n) is 13.0. The SMILES string of the molecule is C=CCC1CCC(C2OCC(C3CCC(C4CCC(C=C(F)F)CC4)CC3)CO2)CC1. The fourth-order valence-electron chi connectivity index (χ4n) is 7.06. The molecule has 4 heteroatoms. The molecule has 4 rings (SSSR count). The molecule has 0 amide bonds. The van der Waals surface area contributed by atoms with Crippen LogP contribution >= 0.6 is 0 Å². The van der Waals surface area contributed by atoms with Gasteiger partial charge in [0.1, 0.15) is 0 Å². The van der Waals surface area contributed by atoms with Crippen molar-refractivity contribution in [1.82, 2.24) is 0 Å². The van der Waals surface area contributed by atoms with Gasteiger partial charge in [-0.1, -0.05) is 6.08 Å². The zero-order valence-corrected chi connectivity index (χ0v) is 19.2. The molecule has 0 aromatic carbocycles. The molecule has 4 aliphatic rings. The van der Waals surface area contributed by atoms with Crippen LogP contribution in [0.15, 0.2) is 24.8 Å². The zero-order valence-electron chi connectivity index (χ0n) is 19.2. The number of halogens is 2. The summed E-state index contributed by atoms with van der Waals surface area (Å²) in [7, 11) is 0. The van der Waals surface area contributed by atoms with Gasteiger partial charge in [0, 0.05) is 11.8 Å². The molecule has 0 unspecified atom stereocenters. The summed E-state index contributed by atoms with van der Waals surface area (Å²) in [6.07, 6.45) is 17.3. The summed E-state index contributed by atoms with van der Waals surface area (Å²) in [5.41, 5.74) is 0. The lowest BCUT2D eigenvalue weighted by atomic mass is 9.67. The van der Waals surface area contributed by atoms with Crippen molar-refractivity contribution in [3.05, 3.63) is 24.8 Å². The molecule has 0 N–H and O–H groups in total. The summed E-state index contributed by atoms with van der Waals surface area (Å²) in [5.74, 6) is 4.36. The average Bonchev–Trinajstić information content (AvgIpc) is 2.80. The van der Waals surface area contributed by atoms with E-state index < -0.39 is 6.08 Å². The van der Waals surface area contributed by atoms with Gasteiger partial charge in [-0.25, -0.2) is 0 Å². The monoisotopic (exact) mass is 436 g/mol. The number of ether oxygens (including phenoxy) is 2. The van der Waals surface area contributed by atoms with Crippen LogP contribution in [0.2, 0.25) is 0 Å². The molecular formula is C27H42F2O2. The van der Waals surface area contributed by atoms with E-state index in [1.165, 1.54) is 57.4 Å². The Labute approximate surface area is 187 Å². The minimum absolute atomic E-state index is 0.0238. The number of allylic oxidation sites excluding steroid dienone is 2. The maximum atomic E-state index is 12.5. The second-order valence-electron chi connectivity index (χ2n) is 10.9. The Hall–Kier alpha value is -0.740. The Bertz CT molecular complexity index is 570. The Morgan fingerprint density at radius 3 is 1.68 bits per heavy atom. The van der Waals surface area contributed by atoms with Crippen molar-refractivity contribution in [1.29, 1.82) is 0 Å². The fraction of sp³-hybridized carbons (Fsp3) is 0.852. The highest BCUT2D eigenvalue weighted by Gasteiger charge is 2.37. The van der Waals surface area contributed by atoms with E-state index in [0.717, 1.165) is 69.0 Å². The van der Waals surface area contributed by atoms with Crippen molar-refractivity contribution in [3.63, 3.8) is 0 Å². The van der Waals surface area contributed by atoms with Crippen molar-refractivity contribution < 1.29 is 18.3 Å². The summed E-state index contributed by atoms with van der Waals surface area (Å²) in [6, 6.07) is 0. The van der Waals surface area contributed by atoms with Gasteiger partial charge in [0.25, 0.3) is 6.08 Å². The van der Waals surface area contributed by atoms with Gasteiger partial charge < -0.3 is 9.47 Å². The maximum Gasteiger partial charge on any atom is 0.266 e. The van der Waals surface area contributed by atoms with E-state index in [9.17, 15) is 8.78 Å². The van der Waals surface area contributed by atoms with Gasteiger partial charge in [0.05, 0.1) is 13.2 Å². The molecule has 0 radical (unpaired) electrons. The third-order valence-electron chi connectivity index (χ3n) is 9.05. The minimum atomic E-state index is -1.50. The van der Waals surface area contributed by atoms with E-state index in [2.05, 4.69) is 12.7 Å². The maximum absolute atomic E-state index is 12.5. The van der Waals surface area contributed by atoms with Gasteiger partial charge in [0.15, 0.2) is 6.29 Å². The zero-order chi connectivity index (χ0) is 21.6. The molecule has 0 spiro atoms. The first-order valence-corrected chi connectivity index (χ1v) is 13.0. The van der Waals surface area contributed by atoms with E-state index in [4.69, 9.17) is 9.47 Å². The smallest absolute Gasteiger partial charge is 0.266 e. The first kappa shape index (κ1) is 23.4. The summed E-state index contributed by atoms with van der Waals surface area (Å²) < 4.78 is 37.5. The molecule has 0 atom stereocenters. The molecular weight excluding hydrogens is 394 g/mol. The Morgan fingerprint density at radius 2 is 1.16 bits per heavy atom. The number of rotatable bonds is 6.